The number of aryl methyl sites for hydroxylation is 4. The molecule has 0 spiro atoms. The fraction of sp³-hybridized carbons (Fsp3) is 0.818. The molecule has 1 aliphatic rings. The van der Waals surface area contributed by atoms with Gasteiger partial charge in [0.25, 0.3) is 0 Å². The first-order valence-corrected chi connectivity index (χ1v) is 51.8. The van der Waals surface area contributed by atoms with Gasteiger partial charge < -0.3 is 19.4 Å². The van der Waals surface area contributed by atoms with Gasteiger partial charge in [0.1, 0.15) is 0 Å². The third-order valence-electron chi connectivity index (χ3n) is 25.0. The minimum Gasteiger partial charge on any atom is -0.493 e. The van der Waals surface area contributed by atoms with Crippen LogP contribution in [-0.2, 0) is 58.9 Å². The molecule has 0 bridgehead atoms. The number of benzene rings is 2. The van der Waals surface area contributed by atoms with Crippen LogP contribution in [0.3, 0.4) is 0 Å². The molecule has 1 heterocycles. The summed E-state index contributed by atoms with van der Waals surface area (Å²) in [5.41, 5.74) is 30.7. The number of hydrogen-bond donors (Lipinski definition) is 0. The maximum Gasteiger partial charge on any atom is 2.00 e. The predicted octanol–water partition coefficient (Wildman–Crippen LogP) is 39.4. The molecule has 2 aromatic rings. The van der Waals surface area contributed by atoms with Crippen LogP contribution in [0.25, 0.3) is 16.9 Å². The van der Waals surface area contributed by atoms with Gasteiger partial charge >= 0.3 is 20.4 Å². The summed E-state index contributed by atoms with van der Waals surface area (Å²) < 4.78 is 1.79. The van der Waals surface area contributed by atoms with Crippen LogP contribution in [0.2, 0.25) is 0 Å². The quantitative estimate of drug-likeness (QED) is 0.0273. The Morgan fingerprint density at radius 1 is 0.239 bits per heavy atom. The summed E-state index contributed by atoms with van der Waals surface area (Å²) >= 11 is 0. The summed E-state index contributed by atoms with van der Waals surface area (Å²) in [6.07, 6.45) is 112. The Morgan fingerprint density at radius 2 is 0.434 bits per heavy atom. The van der Waals surface area contributed by atoms with E-state index in [0.717, 1.165) is 62.8 Å². The van der Waals surface area contributed by atoms with Crippen molar-refractivity contribution in [1.29, 1.82) is 0 Å². The predicted molar refractivity (Wildman–Crippen MR) is 511 cm³/mol. The molecule has 0 atom stereocenters. The van der Waals surface area contributed by atoms with Gasteiger partial charge in [-0.2, -0.15) is 12.8 Å². The van der Waals surface area contributed by atoms with Crippen LogP contribution in [0, 0.1) is 13.8 Å². The van der Waals surface area contributed by atoms with Crippen LogP contribution in [0.5, 0.6) is 0 Å². The van der Waals surface area contributed by atoms with Gasteiger partial charge in [0.2, 0.25) is 11.4 Å². The molecule has 660 valence electrons. The van der Waals surface area contributed by atoms with Crippen molar-refractivity contribution in [3.8, 4) is 0 Å². The van der Waals surface area contributed by atoms with Crippen LogP contribution in [-0.4, -0.2) is 4.70 Å². The molecule has 0 fully saturated rings. The van der Waals surface area contributed by atoms with Crippen molar-refractivity contribution in [2.45, 2.75) is 583 Å². The van der Waals surface area contributed by atoms with Crippen molar-refractivity contribution >= 4 is 11.4 Å². The molecule has 0 radical (unpaired) electrons. The third kappa shape index (κ3) is 60.1. The Morgan fingerprint density at radius 3 is 0.690 bits per heavy atom. The molecule has 0 aliphatic carbocycles. The summed E-state index contributed by atoms with van der Waals surface area (Å²) in [7, 11) is 0. The Hall–Kier alpha value is -2.08. The number of rotatable bonds is 81. The van der Waals surface area contributed by atoms with E-state index < -0.39 is 0 Å². The maximum atomic E-state index is 13.6. The average Bonchev–Trinajstić information content (AvgIpc) is 0.937. The van der Waals surface area contributed by atoms with Gasteiger partial charge in [-0.05, 0) is 160 Å². The maximum absolute atomic E-state index is 13.6. The minimum atomic E-state index is 0. The van der Waals surface area contributed by atoms with Crippen molar-refractivity contribution in [1.82, 2.24) is 0 Å². The van der Waals surface area contributed by atoms with Crippen LogP contribution >= 0.6 is 0 Å². The first-order valence-electron chi connectivity index (χ1n) is 51.8. The van der Waals surface area contributed by atoms with Crippen molar-refractivity contribution in [3.05, 3.63) is 111 Å². The van der Waals surface area contributed by atoms with Gasteiger partial charge in [0.05, 0.1) is 5.57 Å². The zero-order valence-corrected chi connectivity index (χ0v) is 80.2. The standard InChI is InChI=1S/C88H154N2.2C11H23.Pd/c1-9-17-25-31-33-35-36-37-38-39-40-41-42-43-44-45-46-47-48-49-50-51-52-54-56-64-72-86-85(71-63-55-53-34-32-26-18-10-2)87(81-73-77(65-59-27-19-11-3)83(69-57-23-15-7)78(74-81)66-60-28-20-12-4)90(89)88(86)82-75-79(67-61-29-21-13-5)84(70-58-24-16-8)80(76-82)68-62-30-22-14-6;2*1-3-5-7-9-11-10-8-6-4-2;/h64,72-76H,9-63,65-71H2,1-8H3;2*1,3-11H2,2H3;/q;2*-1;+2. The molecular weight excluding hydrogens is 1460 g/mol. The largest absolute Gasteiger partial charge is 2.00 e. The van der Waals surface area contributed by atoms with Crippen molar-refractivity contribution in [2.75, 3.05) is 0 Å². The van der Waals surface area contributed by atoms with Crippen molar-refractivity contribution in [3.63, 3.8) is 0 Å². The van der Waals surface area contributed by atoms with Gasteiger partial charge in [-0.15, -0.1) is 0 Å². The first kappa shape index (κ1) is 111. The zero-order chi connectivity index (χ0) is 81.3. The smallest absolute Gasteiger partial charge is 0.493 e. The van der Waals surface area contributed by atoms with Crippen LogP contribution < -0.4 is 0 Å². The summed E-state index contributed by atoms with van der Waals surface area (Å²) in [5.74, 6) is 0. The molecule has 113 heavy (non-hydrogen) atoms. The van der Waals surface area contributed by atoms with E-state index in [-0.39, 0.29) is 20.4 Å². The van der Waals surface area contributed by atoms with Gasteiger partial charge in [-0.1, -0.05) is 479 Å². The normalized spacial score (nSPS) is 12.3. The van der Waals surface area contributed by atoms with E-state index in [1.807, 2.05) is 0 Å². The SMILES string of the molecule is CCCCCCCCCCCCCCCCCCCCCCCCCCC=CC1=C(c2cc(CCCCCC)c(CCCCC)c(CCCCCC)c2)[N+](=[N-])C(c2cc(CCCCCC)c(CCCCC)c(CCCCCC)c2)=C1CCCCCCCCCC.[CH2-]CCCCCCCCCC.[CH2-]CCCCCCCCCC.[Pd+2]. The third-order valence-corrected chi connectivity index (χ3v) is 25.0. The number of allylic oxidation sites excluding steroid dienone is 4. The van der Waals surface area contributed by atoms with Gasteiger partial charge in [-0.3, -0.25) is 0 Å². The average molecular weight is 1660 g/mol. The van der Waals surface area contributed by atoms with E-state index in [1.165, 1.54) is 485 Å². The fourth-order valence-corrected chi connectivity index (χ4v) is 17.6. The number of hydrogen-bond acceptors (Lipinski definition) is 0. The van der Waals surface area contributed by atoms with E-state index >= 15 is 0 Å². The molecule has 0 unspecified atom stereocenters. The molecule has 1 aliphatic heterocycles. The van der Waals surface area contributed by atoms with E-state index in [2.05, 4.69) is 120 Å². The molecule has 0 aromatic heterocycles. The van der Waals surface area contributed by atoms with Gasteiger partial charge in [0.15, 0.2) is 0 Å². The van der Waals surface area contributed by atoms with E-state index in [9.17, 15) is 5.53 Å². The Kier molecular flexibility index (Phi) is 84.7. The monoisotopic (exact) mass is 1660 g/mol. The molecule has 3 rings (SSSR count). The fourth-order valence-electron chi connectivity index (χ4n) is 17.6. The van der Waals surface area contributed by atoms with E-state index in [4.69, 9.17) is 0 Å². The molecule has 0 saturated heterocycles. The topological polar surface area (TPSA) is 25.3 Å². The molecule has 2 aromatic carbocycles. The van der Waals surface area contributed by atoms with Crippen molar-refractivity contribution in [2.24, 2.45) is 0 Å². The zero-order valence-electron chi connectivity index (χ0n) is 78.7. The summed E-state index contributed by atoms with van der Waals surface area (Å²) in [6.45, 7) is 31.0. The number of nitrogens with zero attached hydrogens (tertiary/aromatic N) is 2. The van der Waals surface area contributed by atoms with Crippen LogP contribution in [0.15, 0.2) is 47.6 Å². The Labute approximate surface area is 725 Å². The Balaban J connectivity index is 0.00000470. The summed E-state index contributed by atoms with van der Waals surface area (Å²) in [6, 6.07) is 10.5. The second-order valence-corrected chi connectivity index (χ2v) is 35.8. The molecule has 3 heteroatoms. The summed E-state index contributed by atoms with van der Waals surface area (Å²) in [5, 5.41) is 0. The van der Waals surface area contributed by atoms with Gasteiger partial charge in [0, 0.05) is 16.7 Å². The Bertz CT molecular complexity index is 2350. The first-order chi connectivity index (χ1) is 55.3. The van der Waals surface area contributed by atoms with E-state index in [1.54, 1.807) is 38.1 Å². The second kappa shape index (κ2) is 86.3. The minimum absolute atomic E-state index is 0. The molecular formula is C110H200N2Pd. The van der Waals surface area contributed by atoms with Crippen LogP contribution in [0.4, 0.5) is 0 Å². The molecule has 0 saturated carbocycles. The summed E-state index contributed by atoms with van der Waals surface area (Å²) in [4.78, 5) is 0. The van der Waals surface area contributed by atoms with Gasteiger partial charge in [-0.25, -0.2) is 4.70 Å². The molecule has 2 nitrogen and oxygen atoms in total. The van der Waals surface area contributed by atoms with E-state index in [0.29, 0.717) is 0 Å². The van der Waals surface area contributed by atoms with Crippen molar-refractivity contribution < 1.29 is 25.1 Å². The molecule has 0 N–H and O–H groups in total. The van der Waals surface area contributed by atoms with Crippen LogP contribution in [0.1, 0.15) is 589 Å². The molecule has 0 amide bonds. The number of unbranched alkanes of at least 4 members (excludes halogenated alkanes) is 63. The second-order valence-electron chi connectivity index (χ2n) is 35.8.